The Kier molecular flexibility index (Phi) is 2.49. The minimum absolute atomic E-state index is 0.269. The molecule has 15 heavy (non-hydrogen) atoms. The highest BCUT2D eigenvalue weighted by Crippen LogP contribution is 2.29. The molecular weight excluding hydrogens is 210 g/mol. The summed E-state index contributed by atoms with van der Waals surface area (Å²) < 4.78 is 5.33. The topological polar surface area (TPSA) is 39.2 Å². The zero-order valence-electron chi connectivity index (χ0n) is 8.88. The summed E-state index contributed by atoms with van der Waals surface area (Å²) in [6, 6.07) is 5.67. The number of hydrogen-bond donors (Lipinski definition) is 1. The molecule has 1 aromatic carbocycles. The van der Waals surface area contributed by atoms with Crippen LogP contribution < -0.4 is 5.73 Å². The van der Waals surface area contributed by atoms with Crippen LogP contribution in [0.15, 0.2) is 28.9 Å². The molecule has 0 saturated heterocycles. The summed E-state index contributed by atoms with van der Waals surface area (Å²) in [6.07, 6.45) is 2.41. The van der Waals surface area contributed by atoms with Crippen LogP contribution in [0.5, 0.6) is 0 Å². The molecule has 0 aliphatic heterocycles. The highest BCUT2D eigenvalue weighted by atomic mass is 35.5. The molecule has 2 rings (SSSR count). The quantitative estimate of drug-likeness (QED) is 0.848. The molecule has 0 bridgehead atoms. The maximum absolute atomic E-state index is 6.17. The number of halogens is 1. The first-order valence-corrected chi connectivity index (χ1v) is 5.29. The van der Waals surface area contributed by atoms with E-state index in [1.54, 1.807) is 6.26 Å². The molecule has 2 aromatic rings. The van der Waals surface area contributed by atoms with Crippen LogP contribution in [0, 0.1) is 0 Å². The standard InChI is InChI=1S/C12H14ClNO/c1-12(2,14)7-9-8-5-6-15-11(8)4-3-10(9)13/h3-6H,7,14H2,1-2H3. The number of fused-ring (bicyclic) bond motifs is 1. The predicted molar refractivity (Wildman–Crippen MR) is 63.2 cm³/mol. The number of rotatable bonds is 2. The summed E-state index contributed by atoms with van der Waals surface area (Å²) in [5, 5.41) is 1.81. The third kappa shape index (κ3) is 2.16. The van der Waals surface area contributed by atoms with Crippen molar-refractivity contribution in [3.8, 4) is 0 Å². The molecule has 2 N–H and O–H groups in total. The first-order chi connectivity index (χ1) is 6.97. The number of benzene rings is 1. The molecule has 0 atom stereocenters. The van der Waals surface area contributed by atoms with Crippen molar-refractivity contribution in [2.45, 2.75) is 25.8 Å². The van der Waals surface area contributed by atoms with E-state index in [-0.39, 0.29) is 5.54 Å². The maximum atomic E-state index is 6.17. The average Bonchev–Trinajstić information content (AvgIpc) is 2.56. The molecule has 0 aliphatic carbocycles. The second-order valence-corrected chi connectivity index (χ2v) is 4.93. The lowest BCUT2D eigenvalue weighted by atomic mass is 9.94. The van der Waals surface area contributed by atoms with Crippen LogP contribution in [-0.4, -0.2) is 5.54 Å². The largest absolute Gasteiger partial charge is 0.464 e. The van der Waals surface area contributed by atoms with E-state index in [0.717, 1.165) is 28.0 Å². The van der Waals surface area contributed by atoms with Crippen LogP contribution in [0.1, 0.15) is 19.4 Å². The molecule has 1 heterocycles. The summed E-state index contributed by atoms with van der Waals surface area (Å²) in [7, 11) is 0. The fourth-order valence-corrected chi connectivity index (χ4v) is 1.94. The Morgan fingerprint density at radius 2 is 2.07 bits per heavy atom. The van der Waals surface area contributed by atoms with Crippen molar-refractivity contribution in [1.29, 1.82) is 0 Å². The van der Waals surface area contributed by atoms with Gasteiger partial charge in [0.2, 0.25) is 0 Å². The third-order valence-corrected chi connectivity index (χ3v) is 2.68. The Morgan fingerprint density at radius 1 is 1.33 bits per heavy atom. The van der Waals surface area contributed by atoms with E-state index >= 15 is 0 Å². The van der Waals surface area contributed by atoms with E-state index in [1.165, 1.54) is 0 Å². The Labute approximate surface area is 94.0 Å². The molecule has 0 amide bonds. The molecule has 0 saturated carbocycles. The van der Waals surface area contributed by atoms with Gasteiger partial charge in [-0.05, 0) is 44.0 Å². The molecular formula is C12H14ClNO. The summed E-state index contributed by atoms with van der Waals surface area (Å²) in [4.78, 5) is 0. The van der Waals surface area contributed by atoms with Crippen molar-refractivity contribution >= 4 is 22.6 Å². The Bertz CT molecular complexity index is 482. The van der Waals surface area contributed by atoms with Crippen molar-refractivity contribution in [3.63, 3.8) is 0 Å². The zero-order valence-corrected chi connectivity index (χ0v) is 9.64. The van der Waals surface area contributed by atoms with Crippen molar-refractivity contribution < 1.29 is 4.42 Å². The number of furan rings is 1. The van der Waals surface area contributed by atoms with Crippen molar-refractivity contribution in [2.75, 3.05) is 0 Å². The lowest BCUT2D eigenvalue weighted by Gasteiger charge is -2.19. The van der Waals surface area contributed by atoms with E-state index in [9.17, 15) is 0 Å². The average molecular weight is 224 g/mol. The van der Waals surface area contributed by atoms with Crippen LogP contribution in [0.25, 0.3) is 11.0 Å². The van der Waals surface area contributed by atoms with Crippen LogP contribution in [-0.2, 0) is 6.42 Å². The fourth-order valence-electron chi connectivity index (χ4n) is 1.71. The lowest BCUT2D eigenvalue weighted by Crippen LogP contribution is -2.34. The van der Waals surface area contributed by atoms with Gasteiger partial charge in [-0.1, -0.05) is 11.6 Å². The van der Waals surface area contributed by atoms with Gasteiger partial charge in [0.25, 0.3) is 0 Å². The second-order valence-electron chi connectivity index (χ2n) is 4.52. The first kappa shape index (κ1) is 10.5. The van der Waals surface area contributed by atoms with Gasteiger partial charge in [-0.25, -0.2) is 0 Å². The minimum Gasteiger partial charge on any atom is -0.464 e. The third-order valence-electron chi connectivity index (χ3n) is 2.32. The van der Waals surface area contributed by atoms with Gasteiger partial charge in [0.1, 0.15) is 5.58 Å². The zero-order chi connectivity index (χ0) is 11.1. The first-order valence-electron chi connectivity index (χ1n) is 4.91. The smallest absolute Gasteiger partial charge is 0.134 e. The second kappa shape index (κ2) is 3.54. The normalized spacial score (nSPS) is 12.3. The van der Waals surface area contributed by atoms with Gasteiger partial charge in [-0.3, -0.25) is 0 Å². The lowest BCUT2D eigenvalue weighted by molar-refractivity contribution is 0.518. The van der Waals surface area contributed by atoms with E-state index in [1.807, 2.05) is 32.0 Å². The van der Waals surface area contributed by atoms with E-state index in [4.69, 9.17) is 21.8 Å². The van der Waals surface area contributed by atoms with Gasteiger partial charge in [-0.2, -0.15) is 0 Å². The minimum atomic E-state index is -0.269. The fraction of sp³-hybridized carbons (Fsp3) is 0.333. The summed E-state index contributed by atoms with van der Waals surface area (Å²) >= 11 is 6.17. The molecule has 1 aromatic heterocycles. The summed E-state index contributed by atoms with van der Waals surface area (Å²) in [6.45, 7) is 3.98. The van der Waals surface area contributed by atoms with Crippen molar-refractivity contribution in [2.24, 2.45) is 5.73 Å². The molecule has 3 heteroatoms. The van der Waals surface area contributed by atoms with Gasteiger partial charge >= 0.3 is 0 Å². The molecule has 2 nitrogen and oxygen atoms in total. The molecule has 0 aliphatic rings. The molecule has 0 spiro atoms. The van der Waals surface area contributed by atoms with Gasteiger partial charge in [0.15, 0.2) is 0 Å². The monoisotopic (exact) mass is 223 g/mol. The highest BCUT2D eigenvalue weighted by Gasteiger charge is 2.17. The summed E-state index contributed by atoms with van der Waals surface area (Å²) in [5.41, 5.74) is 7.66. The summed E-state index contributed by atoms with van der Waals surface area (Å²) in [5.74, 6) is 0. The number of nitrogens with two attached hydrogens (primary N) is 1. The van der Waals surface area contributed by atoms with Gasteiger partial charge in [0, 0.05) is 15.9 Å². The highest BCUT2D eigenvalue weighted by molar-refractivity contribution is 6.32. The predicted octanol–water partition coefficient (Wildman–Crippen LogP) is 3.37. The van der Waals surface area contributed by atoms with Gasteiger partial charge in [0.05, 0.1) is 6.26 Å². The molecule has 0 radical (unpaired) electrons. The Morgan fingerprint density at radius 3 is 2.73 bits per heavy atom. The van der Waals surface area contributed by atoms with Crippen molar-refractivity contribution in [1.82, 2.24) is 0 Å². The van der Waals surface area contributed by atoms with E-state index in [2.05, 4.69) is 0 Å². The van der Waals surface area contributed by atoms with Crippen LogP contribution in [0.2, 0.25) is 5.02 Å². The van der Waals surface area contributed by atoms with Crippen molar-refractivity contribution in [3.05, 3.63) is 35.0 Å². The number of hydrogen-bond acceptors (Lipinski definition) is 2. The van der Waals surface area contributed by atoms with Gasteiger partial charge in [-0.15, -0.1) is 0 Å². The van der Waals surface area contributed by atoms with Gasteiger partial charge < -0.3 is 10.2 Å². The van der Waals surface area contributed by atoms with E-state index in [0.29, 0.717) is 0 Å². The van der Waals surface area contributed by atoms with Crippen LogP contribution >= 0.6 is 11.6 Å². The maximum Gasteiger partial charge on any atom is 0.134 e. The molecule has 80 valence electrons. The molecule has 0 unspecified atom stereocenters. The van der Waals surface area contributed by atoms with E-state index < -0.39 is 0 Å². The van der Waals surface area contributed by atoms with Crippen LogP contribution in [0.4, 0.5) is 0 Å². The van der Waals surface area contributed by atoms with Crippen LogP contribution in [0.3, 0.4) is 0 Å². The Hall–Kier alpha value is -0.990. The molecule has 0 fully saturated rings. The SMILES string of the molecule is CC(C)(N)Cc1c(Cl)ccc2occc12. The Balaban J connectivity index is 2.56.